The van der Waals surface area contributed by atoms with E-state index in [2.05, 4.69) is 15.7 Å². The second kappa shape index (κ2) is 5.38. The van der Waals surface area contributed by atoms with Crippen LogP contribution in [-0.2, 0) is 13.5 Å². The first-order valence-electron chi connectivity index (χ1n) is 5.10. The van der Waals surface area contributed by atoms with Crippen molar-refractivity contribution in [1.82, 2.24) is 20.4 Å². The molecule has 0 unspecified atom stereocenters. The molecule has 0 aliphatic carbocycles. The number of nitrogens with zero attached hydrogens (tertiary/aromatic N) is 2. The number of amides is 2. The lowest BCUT2D eigenvalue weighted by atomic mass is 10.2. The van der Waals surface area contributed by atoms with Crippen LogP contribution in [0.1, 0.15) is 19.4 Å². The number of hydrogen-bond donors (Lipinski definition) is 2. The minimum Gasteiger partial charge on any atom is -0.338 e. The van der Waals surface area contributed by atoms with Crippen molar-refractivity contribution in [2.75, 3.05) is 6.54 Å². The van der Waals surface area contributed by atoms with Gasteiger partial charge in [-0.25, -0.2) is 4.79 Å². The summed E-state index contributed by atoms with van der Waals surface area (Å²) in [5.74, 6) is 0. The van der Waals surface area contributed by atoms with Crippen LogP contribution < -0.4 is 10.6 Å². The van der Waals surface area contributed by atoms with Gasteiger partial charge in [0, 0.05) is 25.8 Å². The molecule has 0 fully saturated rings. The van der Waals surface area contributed by atoms with Crippen molar-refractivity contribution in [2.24, 2.45) is 7.05 Å². The third-order valence-electron chi connectivity index (χ3n) is 1.88. The summed E-state index contributed by atoms with van der Waals surface area (Å²) in [6, 6.07) is 0.0530. The van der Waals surface area contributed by atoms with Gasteiger partial charge in [-0.1, -0.05) is 0 Å². The smallest absolute Gasteiger partial charge is 0.314 e. The van der Waals surface area contributed by atoms with Crippen LogP contribution in [-0.4, -0.2) is 28.4 Å². The molecule has 1 rings (SSSR count). The van der Waals surface area contributed by atoms with Crippen LogP contribution in [0.25, 0.3) is 0 Å². The van der Waals surface area contributed by atoms with E-state index in [9.17, 15) is 4.79 Å². The Morgan fingerprint density at radius 3 is 2.87 bits per heavy atom. The van der Waals surface area contributed by atoms with Gasteiger partial charge >= 0.3 is 6.03 Å². The van der Waals surface area contributed by atoms with Crippen molar-refractivity contribution < 1.29 is 4.79 Å². The standard InChI is InChI=1S/C10H18N4O/c1-8(2)13-10(15)11-5-4-9-6-12-14(3)7-9/h6-8H,4-5H2,1-3H3,(H2,11,13,15). The van der Waals surface area contributed by atoms with Gasteiger partial charge < -0.3 is 10.6 Å². The Morgan fingerprint density at radius 2 is 2.33 bits per heavy atom. The molecule has 0 aromatic carbocycles. The monoisotopic (exact) mass is 210 g/mol. The van der Waals surface area contributed by atoms with Crippen LogP contribution in [0.5, 0.6) is 0 Å². The molecule has 1 heterocycles. The summed E-state index contributed by atoms with van der Waals surface area (Å²) >= 11 is 0. The van der Waals surface area contributed by atoms with E-state index in [0.717, 1.165) is 12.0 Å². The minimum atomic E-state index is -0.117. The number of hydrogen-bond acceptors (Lipinski definition) is 2. The highest BCUT2D eigenvalue weighted by Crippen LogP contribution is 1.95. The van der Waals surface area contributed by atoms with Crippen LogP contribution in [0.15, 0.2) is 12.4 Å². The molecule has 0 aliphatic rings. The zero-order chi connectivity index (χ0) is 11.3. The van der Waals surface area contributed by atoms with Crippen molar-refractivity contribution >= 4 is 6.03 Å². The third-order valence-corrected chi connectivity index (χ3v) is 1.88. The van der Waals surface area contributed by atoms with Crippen LogP contribution >= 0.6 is 0 Å². The number of urea groups is 1. The van der Waals surface area contributed by atoms with Crippen molar-refractivity contribution in [1.29, 1.82) is 0 Å². The summed E-state index contributed by atoms with van der Waals surface area (Å²) in [6.45, 7) is 4.49. The minimum absolute atomic E-state index is 0.117. The van der Waals surface area contributed by atoms with E-state index >= 15 is 0 Å². The summed E-state index contributed by atoms with van der Waals surface area (Å²) in [4.78, 5) is 11.2. The lowest BCUT2D eigenvalue weighted by Gasteiger charge is -2.09. The maximum atomic E-state index is 11.2. The number of rotatable bonds is 4. The highest BCUT2D eigenvalue weighted by molar-refractivity contribution is 5.74. The first-order chi connectivity index (χ1) is 7.08. The zero-order valence-corrected chi connectivity index (χ0v) is 9.45. The van der Waals surface area contributed by atoms with Crippen LogP contribution in [0.4, 0.5) is 4.79 Å². The predicted molar refractivity (Wildman–Crippen MR) is 58.6 cm³/mol. The Hall–Kier alpha value is -1.52. The molecular formula is C10H18N4O. The number of aromatic nitrogens is 2. The molecule has 0 aliphatic heterocycles. The van der Waals surface area contributed by atoms with Gasteiger partial charge in [0.15, 0.2) is 0 Å². The molecule has 0 saturated carbocycles. The highest BCUT2D eigenvalue weighted by Gasteiger charge is 2.01. The number of carbonyl (C=O) groups is 1. The van der Waals surface area contributed by atoms with E-state index < -0.39 is 0 Å². The predicted octanol–water partition coefficient (Wildman–Crippen LogP) is 0.670. The quantitative estimate of drug-likeness (QED) is 0.767. The third kappa shape index (κ3) is 4.49. The van der Waals surface area contributed by atoms with Gasteiger partial charge in [-0.15, -0.1) is 0 Å². The number of nitrogens with one attached hydrogen (secondary N) is 2. The fourth-order valence-electron chi connectivity index (χ4n) is 1.23. The number of carbonyl (C=O) groups excluding carboxylic acids is 1. The summed E-state index contributed by atoms with van der Waals surface area (Å²) < 4.78 is 1.75. The summed E-state index contributed by atoms with van der Waals surface area (Å²) in [6.07, 6.45) is 4.56. The first-order valence-corrected chi connectivity index (χ1v) is 5.10. The van der Waals surface area contributed by atoms with Crippen LogP contribution in [0, 0.1) is 0 Å². The van der Waals surface area contributed by atoms with Crippen LogP contribution in [0.3, 0.4) is 0 Å². The van der Waals surface area contributed by atoms with E-state index in [1.165, 1.54) is 0 Å². The molecule has 1 aromatic rings. The van der Waals surface area contributed by atoms with Gasteiger partial charge in [0.1, 0.15) is 0 Å². The lowest BCUT2D eigenvalue weighted by molar-refractivity contribution is 0.238. The SMILES string of the molecule is CC(C)NC(=O)NCCc1cnn(C)c1. The average molecular weight is 210 g/mol. The second-order valence-electron chi connectivity index (χ2n) is 3.83. The fraction of sp³-hybridized carbons (Fsp3) is 0.600. The molecule has 84 valence electrons. The Bertz CT molecular complexity index is 319. The largest absolute Gasteiger partial charge is 0.338 e. The second-order valence-corrected chi connectivity index (χ2v) is 3.83. The Morgan fingerprint density at radius 1 is 1.60 bits per heavy atom. The molecule has 0 radical (unpaired) electrons. The Labute approximate surface area is 89.9 Å². The molecule has 0 saturated heterocycles. The molecule has 5 heteroatoms. The molecule has 5 nitrogen and oxygen atoms in total. The molecular weight excluding hydrogens is 192 g/mol. The van der Waals surface area contributed by atoms with Crippen molar-refractivity contribution in [3.8, 4) is 0 Å². The molecule has 0 spiro atoms. The molecule has 15 heavy (non-hydrogen) atoms. The van der Waals surface area contributed by atoms with Gasteiger partial charge in [0.05, 0.1) is 6.20 Å². The molecule has 2 amide bonds. The fourth-order valence-corrected chi connectivity index (χ4v) is 1.23. The van der Waals surface area contributed by atoms with Gasteiger partial charge in [0.25, 0.3) is 0 Å². The van der Waals surface area contributed by atoms with E-state index in [1.807, 2.05) is 33.3 Å². The molecule has 2 N–H and O–H groups in total. The van der Waals surface area contributed by atoms with Gasteiger partial charge in [-0.05, 0) is 25.8 Å². The normalized spacial score (nSPS) is 10.4. The van der Waals surface area contributed by atoms with Crippen molar-refractivity contribution in [2.45, 2.75) is 26.3 Å². The van der Waals surface area contributed by atoms with E-state index in [0.29, 0.717) is 6.54 Å². The molecule has 0 atom stereocenters. The average Bonchev–Trinajstić information content (AvgIpc) is 2.50. The lowest BCUT2D eigenvalue weighted by Crippen LogP contribution is -2.40. The van der Waals surface area contributed by atoms with E-state index in [1.54, 1.807) is 4.68 Å². The van der Waals surface area contributed by atoms with Crippen molar-refractivity contribution in [3.05, 3.63) is 18.0 Å². The van der Waals surface area contributed by atoms with E-state index in [-0.39, 0.29) is 12.1 Å². The Balaban J connectivity index is 2.19. The van der Waals surface area contributed by atoms with Crippen molar-refractivity contribution in [3.63, 3.8) is 0 Å². The number of aryl methyl sites for hydroxylation is 1. The summed E-state index contributed by atoms with van der Waals surface area (Å²) in [7, 11) is 1.88. The van der Waals surface area contributed by atoms with Gasteiger partial charge in [-0.2, -0.15) is 5.10 Å². The molecule has 1 aromatic heterocycles. The zero-order valence-electron chi connectivity index (χ0n) is 9.45. The maximum Gasteiger partial charge on any atom is 0.314 e. The van der Waals surface area contributed by atoms with Gasteiger partial charge in [0.2, 0.25) is 0 Å². The van der Waals surface area contributed by atoms with E-state index in [4.69, 9.17) is 0 Å². The summed E-state index contributed by atoms with van der Waals surface area (Å²) in [5.41, 5.74) is 1.13. The topological polar surface area (TPSA) is 59.0 Å². The van der Waals surface area contributed by atoms with Gasteiger partial charge in [-0.3, -0.25) is 4.68 Å². The summed E-state index contributed by atoms with van der Waals surface area (Å²) in [5, 5.41) is 9.60. The maximum absolute atomic E-state index is 11.2. The molecule has 0 bridgehead atoms. The highest BCUT2D eigenvalue weighted by atomic mass is 16.2. The first kappa shape index (κ1) is 11.6. The van der Waals surface area contributed by atoms with Crippen LogP contribution in [0.2, 0.25) is 0 Å². The Kier molecular flexibility index (Phi) is 4.15.